The number of methoxy groups -OCH3 is 2. The number of esters is 1. The van der Waals surface area contributed by atoms with Crippen LogP contribution in [-0.4, -0.2) is 61.3 Å². The van der Waals surface area contributed by atoms with Crippen molar-refractivity contribution in [3.05, 3.63) is 71.8 Å². The van der Waals surface area contributed by atoms with Crippen LogP contribution in [0.3, 0.4) is 0 Å². The SMILES string of the molecule is COC(=O)[C@H]1CN[C@@H](c2ccccc2)[C@@H](NCc2cc(OC(F)(F)F)ccc2OC)C1.O=C(O)/C=C/C(=O)O. The average molecular weight is 555 g/mol. The number of carboxylic acid groups (broad SMARTS) is 2. The number of aliphatic carboxylic acids is 2. The summed E-state index contributed by atoms with van der Waals surface area (Å²) in [5.74, 6) is -3.03. The second-order valence-corrected chi connectivity index (χ2v) is 8.27. The summed E-state index contributed by atoms with van der Waals surface area (Å²) in [4.78, 5) is 31.2. The molecule has 4 N–H and O–H groups in total. The van der Waals surface area contributed by atoms with Gasteiger partial charge in [-0.1, -0.05) is 30.3 Å². The van der Waals surface area contributed by atoms with E-state index >= 15 is 0 Å². The highest BCUT2D eigenvalue weighted by molar-refractivity contribution is 5.89. The summed E-state index contributed by atoms with van der Waals surface area (Å²) in [5.41, 5.74) is 1.56. The Morgan fingerprint density at radius 2 is 1.69 bits per heavy atom. The summed E-state index contributed by atoms with van der Waals surface area (Å²) < 4.78 is 52.0. The van der Waals surface area contributed by atoms with Gasteiger partial charge in [0.05, 0.1) is 20.1 Å². The fourth-order valence-electron chi connectivity index (χ4n) is 3.97. The second-order valence-electron chi connectivity index (χ2n) is 8.27. The molecule has 2 aromatic rings. The number of benzene rings is 2. The van der Waals surface area contributed by atoms with Gasteiger partial charge in [0.1, 0.15) is 11.5 Å². The Morgan fingerprint density at radius 3 is 2.23 bits per heavy atom. The van der Waals surface area contributed by atoms with Crippen LogP contribution in [0, 0.1) is 5.92 Å². The molecule has 3 rings (SSSR count). The van der Waals surface area contributed by atoms with Crippen molar-refractivity contribution >= 4 is 17.9 Å². The number of piperidine rings is 1. The van der Waals surface area contributed by atoms with Gasteiger partial charge in [-0.05, 0) is 30.2 Å². The lowest BCUT2D eigenvalue weighted by Gasteiger charge is -2.37. The minimum absolute atomic E-state index is 0.0808. The maximum atomic E-state index is 12.6. The Kier molecular flexibility index (Phi) is 11.8. The number of halogens is 3. The summed E-state index contributed by atoms with van der Waals surface area (Å²) in [5, 5.41) is 22.4. The van der Waals surface area contributed by atoms with Crippen LogP contribution in [0.5, 0.6) is 11.5 Å². The largest absolute Gasteiger partial charge is 0.573 e. The molecule has 1 aliphatic rings. The summed E-state index contributed by atoms with van der Waals surface area (Å²) in [6, 6.07) is 13.4. The fourth-order valence-corrected chi connectivity index (χ4v) is 3.97. The topological polar surface area (TPSA) is 143 Å². The van der Waals surface area contributed by atoms with Crippen LogP contribution in [0.2, 0.25) is 0 Å². The van der Waals surface area contributed by atoms with Crippen molar-refractivity contribution in [2.24, 2.45) is 5.92 Å². The average Bonchev–Trinajstić information content (AvgIpc) is 2.90. The smallest absolute Gasteiger partial charge is 0.496 e. The van der Waals surface area contributed by atoms with Gasteiger partial charge in [-0.25, -0.2) is 9.59 Å². The molecule has 0 aromatic heterocycles. The van der Waals surface area contributed by atoms with Gasteiger partial charge in [0, 0.05) is 42.9 Å². The Hall–Kier alpha value is -4.10. The van der Waals surface area contributed by atoms with E-state index in [4.69, 9.17) is 19.7 Å². The number of hydrogen-bond donors (Lipinski definition) is 4. The van der Waals surface area contributed by atoms with Crippen LogP contribution >= 0.6 is 0 Å². The van der Waals surface area contributed by atoms with E-state index in [0.717, 1.165) is 5.56 Å². The van der Waals surface area contributed by atoms with Crippen molar-refractivity contribution in [2.75, 3.05) is 20.8 Å². The lowest BCUT2D eigenvalue weighted by molar-refractivity contribution is -0.274. The van der Waals surface area contributed by atoms with Gasteiger partial charge in [-0.3, -0.25) is 4.79 Å². The van der Waals surface area contributed by atoms with Crippen LogP contribution in [0.25, 0.3) is 0 Å². The van der Waals surface area contributed by atoms with E-state index in [-0.39, 0.29) is 36.3 Å². The van der Waals surface area contributed by atoms with E-state index in [0.29, 0.717) is 36.4 Å². The van der Waals surface area contributed by atoms with Crippen molar-refractivity contribution in [3.63, 3.8) is 0 Å². The molecule has 0 spiro atoms. The van der Waals surface area contributed by atoms with E-state index in [9.17, 15) is 27.6 Å². The molecule has 0 unspecified atom stereocenters. The third kappa shape index (κ3) is 10.7. The number of carbonyl (C=O) groups excluding carboxylic acids is 1. The van der Waals surface area contributed by atoms with Gasteiger partial charge >= 0.3 is 24.3 Å². The highest BCUT2D eigenvalue weighted by atomic mass is 19.4. The highest BCUT2D eigenvalue weighted by Crippen LogP contribution is 2.31. The normalized spacial score (nSPS) is 18.9. The molecule has 3 atom stereocenters. The number of rotatable bonds is 9. The van der Waals surface area contributed by atoms with Crippen LogP contribution in [0.15, 0.2) is 60.7 Å². The monoisotopic (exact) mass is 554 g/mol. The molecular weight excluding hydrogens is 525 g/mol. The maximum absolute atomic E-state index is 12.6. The first-order chi connectivity index (χ1) is 18.4. The standard InChI is InChI=1S/C22H25F3N2O4.C4H4O4/c1-29-19-9-8-17(31-22(23,24)25)10-15(19)12-26-18-11-16(21(28)30-2)13-27-20(18)14-6-4-3-5-7-14;5-3(6)1-2-4(7)8/h3-10,16,18,20,26-27H,11-13H2,1-2H3;1-2H,(H,5,6)(H,7,8)/b;2-1+/t16-,18+,20+;/m1./s1. The van der Waals surface area contributed by atoms with Crippen molar-refractivity contribution in [3.8, 4) is 11.5 Å². The first kappa shape index (κ1) is 31.1. The van der Waals surface area contributed by atoms with Crippen LogP contribution in [0.1, 0.15) is 23.6 Å². The first-order valence-electron chi connectivity index (χ1n) is 11.6. The van der Waals surface area contributed by atoms with Gasteiger partial charge < -0.3 is 35.1 Å². The van der Waals surface area contributed by atoms with Gasteiger partial charge in [0.2, 0.25) is 0 Å². The molecule has 1 saturated heterocycles. The van der Waals surface area contributed by atoms with E-state index in [1.807, 2.05) is 30.3 Å². The molecule has 212 valence electrons. The molecule has 0 amide bonds. The minimum atomic E-state index is -4.78. The van der Waals surface area contributed by atoms with Gasteiger partial charge in [-0.15, -0.1) is 13.2 Å². The number of carboxylic acids is 2. The van der Waals surface area contributed by atoms with Crippen molar-refractivity contribution in [1.29, 1.82) is 0 Å². The molecule has 0 aliphatic carbocycles. The number of carbonyl (C=O) groups is 3. The number of nitrogens with one attached hydrogen (secondary N) is 2. The number of alkyl halides is 3. The zero-order valence-electron chi connectivity index (χ0n) is 21.1. The Labute approximate surface area is 222 Å². The van der Waals surface area contributed by atoms with Crippen LogP contribution in [-0.2, 0) is 25.7 Å². The summed E-state index contributed by atoms with van der Waals surface area (Å²) in [6.45, 7) is 0.699. The summed E-state index contributed by atoms with van der Waals surface area (Å²) in [6.07, 6.45) is -3.15. The molecule has 1 heterocycles. The van der Waals surface area contributed by atoms with E-state index in [1.165, 1.54) is 32.4 Å². The van der Waals surface area contributed by atoms with Crippen molar-refractivity contribution < 1.29 is 52.0 Å². The summed E-state index contributed by atoms with van der Waals surface area (Å²) in [7, 11) is 2.80. The van der Waals surface area contributed by atoms with Gasteiger partial charge in [0.15, 0.2) is 0 Å². The minimum Gasteiger partial charge on any atom is -0.496 e. The predicted octanol–water partition coefficient (Wildman–Crippen LogP) is 3.29. The zero-order chi connectivity index (χ0) is 29.0. The van der Waals surface area contributed by atoms with Crippen molar-refractivity contribution in [1.82, 2.24) is 10.6 Å². The Bertz CT molecular complexity index is 1130. The molecular formula is C26H29F3N2O8. The third-order valence-corrected chi connectivity index (χ3v) is 5.63. The molecule has 0 bridgehead atoms. The fraction of sp³-hybridized carbons (Fsp3) is 0.346. The van der Waals surface area contributed by atoms with Crippen LogP contribution < -0.4 is 20.1 Å². The van der Waals surface area contributed by atoms with Crippen LogP contribution in [0.4, 0.5) is 13.2 Å². The summed E-state index contributed by atoms with van der Waals surface area (Å²) >= 11 is 0. The van der Waals surface area contributed by atoms with E-state index in [1.54, 1.807) is 0 Å². The van der Waals surface area contributed by atoms with Gasteiger partial charge in [-0.2, -0.15) is 0 Å². The van der Waals surface area contributed by atoms with Crippen molar-refractivity contribution in [2.45, 2.75) is 31.4 Å². The zero-order valence-corrected chi connectivity index (χ0v) is 21.1. The molecule has 1 aliphatic heterocycles. The Morgan fingerprint density at radius 1 is 1.05 bits per heavy atom. The third-order valence-electron chi connectivity index (χ3n) is 5.63. The Balaban J connectivity index is 0.000000580. The quantitative estimate of drug-likeness (QED) is 0.269. The van der Waals surface area contributed by atoms with Gasteiger partial charge in [0.25, 0.3) is 0 Å². The molecule has 0 saturated carbocycles. The molecule has 0 radical (unpaired) electrons. The highest BCUT2D eigenvalue weighted by Gasteiger charge is 2.35. The molecule has 10 nitrogen and oxygen atoms in total. The van der Waals surface area contributed by atoms with E-state index < -0.39 is 18.3 Å². The lowest BCUT2D eigenvalue weighted by atomic mass is 9.86. The molecule has 13 heteroatoms. The lowest BCUT2D eigenvalue weighted by Crippen LogP contribution is -2.51. The second kappa shape index (κ2) is 14.7. The molecule has 2 aromatic carbocycles. The number of ether oxygens (including phenoxy) is 3. The first-order valence-corrected chi connectivity index (χ1v) is 11.6. The van der Waals surface area contributed by atoms with E-state index in [2.05, 4.69) is 15.4 Å². The number of hydrogen-bond acceptors (Lipinski definition) is 8. The predicted molar refractivity (Wildman–Crippen MR) is 132 cm³/mol. The molecule has 1 fully saturated rings. The molecule has 39 heavy (non-hydrogen) atoms. The maximum Gasteiger partial charge on any atom is 0.573 e.